The summed E-state index contributed by atoms with van der Waals surface area (Å²) >= 11 is 0. The summed E-state index contributed by atoms with van der Waals surface area (Å²) in [4.78, 5) is 28.7. The second-order valence-electron chi connectivity index (χ2n) is 5.93. The van der Waals surface area contributed by atoms with Crippen LogP contribution < -0.4 is 10.6 Å². The first-order valence-electron chi connectivity index (χ1n) is 8.92. The summed E-state index contributed by atoms with van der Waals surface area (Å²) in [7, 11) is 0. The Bertz CT molecular complexity index is 1070. The lowest BCUT2D eigenvalue weighted by molar-refractivity contribution is 0.0527. The Kier molecular flexibility index (Phi) is 6.18. The van der Waals surface area contributed by atoms with Gasteiger partial charge in [0.05, 0.1) is 34.7 Å². The third kappa shape index (κ3) is 4.76. The number of hydrogen-bond donors (Lipinski definition) is 2. The lowest BCUT2D eigenvalue weighted by Gasteiger charge is -2.11. The minimum absolute atomic E-state index is 0.282. The Morgan fingerprint density at radius 3 is 2.45 bits per heavy atom. The van der Waals surface area contributed by atoms with Crippen LogP contribution in [-0.2, 0) is 4.74 Å². The fourth-order valence-corrected chi connectivity index (χ4v) is 2.60. The molecule has 29 heavy (non-hydrogen) atoms. The fourth-order valence-electron chi connectivity index (χ4n) is 2.60. The van der Waals surface area contributed by atoms with Gasteiger partial charge >= 0.3 is 5.97 Å². The van der Waals surface area contributed by atoms with E-state index < -0.39 is 5.97 Å². The highest BCUT2D eigenvalue weighted by atomic mass is 16.5. The average Bonchev–Trinajstić information content (AvgIpc) is 2.75. The quantitative estimate of drug-likeness (QED) is 0.618. The largest absolute Gasteiger partial charge is 0.462 e. The van der Waals surface area contributed by atoms with Crippen molar-refractivity contribution in [2.75, 3.05) is 17.2 Å². The molecule has 0 bridgehead atoms. The molecule has 0 atom stereocenters. The van der Waals surface area contributed by atoms with Crippen molar-refractivity contribution < 1.29 is 14.3 Å². The van der Waals surface area contributed by atoms with Gasteiger partial charge in [-0.05, 0) is 43.3 Å². The monoisotopic (exact) mass is 386 g/mol. The molecule has 0 aliphatic carbocycles. The van der Waals surface area contributed by atoms with Gasteiger partial charge in [-0.25, -0.2) is 9.78 Å². The van der Waals surface area contributed by atoms with Gasteiger partial charge in [0.1, 0.15) is 11.9 Å². The van der Waals surface area contributed by atoms with E-state index >= 15 is 0 Å². The molecule has 7 nitrogen and oxygen atoms in total. The third-order valence-corrected chi connectivity index (χ3v) is 4.01. The summed E-state index contributed by atoms with van der Waals surface area (Å²) < 4.78 is 5.06. The molecule has 0 saturated carbocycles. The van der Waals surface area contributed by atoms with E-state index in [4.69, 9.17) is 10.00 Å². The Morgan fingerprint density at radius 1 is 1.03 bits per heavy atom. The van der Waals surface area contributed by atoms with E-state index in [-0.39, 0.29) is 12.5 Å². The van der Waals surface area contributed by atoms with Gasteiger partial charge in [-0.3, -0.25) is 4.79 Å². The van der Waals surface area contributed by atoms with Crippen LogP contribution >= 0.6 is 0 Å². The van der Waals surface area contributed by atoms with Gasteiger partial charge in [-0.2, -0.15) is 5.26 Å². The molecule has 3 aromatic rings. The van der Waals surface area contributed by atoms with Gasteiger partial charge in [0, 0.05) is 6.20 Å². The summed E-state index contributed by atoms with van der Waals surface area (Å²) in [6, 6.07) is 19.0. The summed E-state index contributed by atoms with van der Waals surface area (Å²) in [5.74, 6) is -0.336. The highest BCUT2D eigenvalue weighted by Crippen LogP contribution is 2.21. The third-order valence-electron chi connectivity index (χ3n) is 4.01. The molecule has 0 saturated heterocycles. The molecular formula is C22H18N4O3. The zero-order chi connectivity index (χ0) is 20.6. The number of benzene rings is 2. The number of nitrogens with zero attached hydrogens (tertiary/aromatic N) is 2. The lowest BCUT2D eigenvalue weighted by Crippen LogP contribution is -2.13. The van der Waals surface area contributed by atoms with Crippen molar-refractivity contribution >= 4 is 29.1 Å². The first kappa shape index (κ1) is 19.6. The van der Waals surface area contributed by atoms with Crippen LogP contribution in [0.3, 0.4) is 0 Å². The van der Waals surface area contributed by atoms with Crippen LogP contribution in [-0.4, -0.2) is 23.5 Å². The Labute approximate surface area is 168 Å². The van der Waals surface area contributed by atoms with E-state index in [0.29, 0.717) is 33.9 Å². The van der Waals surface area contributed by atoms with Crippen molar-refractivity contribution in [1.82, 2.24) is 4.98 Å². The molecule has 1 amide bonds. The second-order valence-corrected chi connectivity index (χ2v) is 5.93. The summed E-state index contributed by atoms with van der Waals surface area (Å²) in [5, 5.41) is 14.9. The molecule has 1 aromatic heterocycles. The molecule has 1 heterocycles. The number of nitriles is 1. The van der Waals surface area contributed by atoms with Crippen molar-refractivity contribution in [2.45, 2.75) is 6.92 Å². The van der Waals surface area contributed by atoms with E-state index in [1.165, 1.54) is 6.20 Å². The Morgan fingerprint density at radius 2 is 1.76 bits per heavy atom. The van der Waals surface area contributed by atoms with E-state index in [1.54, 1.807) is 67.6 Å². The van der Waals surface area contributed by atoms with E-state index in [9.17, 15) is 9.59 Å². The first-order valence-corrected chi connectivity index (χ1v) is 8.92. The standard InChI is InChI=1S/C22H18N4O3/c1-2-29-22(28)17-8-4-6-10-19(17)25-20-12-11-16(14-24-20)21(27)26-18-9-5-3-7-15(18)13-23/h3-12,14H,2H2,1H3,(H,24,25)(H,26,27). The average molecular weight is 386 g/mol. The van der Waals surface area contributed by atoms with Crippen LogP contribution in [0.2, 0.25) is 0 Å². The zero-order valence-electron chi connectivity index (χ0n) is 15.7. The second kappa shape index (κ2) is 9.15. The minimum atomic E-state index is -0.428. The van der Waals surface area contributed by atoms with Crippen molar-refractivity contribution in [1.29, 1.82) is 5.26 Å². The van der Waals surface area contributed by atoms with Crippen molar-refractivity contribution in [3.63, 3.8) is 0 Å². The van der Waals surface area contributed by atoms with Gasteiger partial charge < -0.3 is 15.4 Å². The molecule has 0 fully saturated rings. The lowest BCUT2D eigenvalue weighted by atomic mass is 10.1. The Balaban J connectivity index is 1.74. The number of pyridine rings is 1. The van der Waals surface area contributed by atoms with Crippen LogP contribution in [0.25, 0.3) is 0 Å². The number of para-hydroxylation sites is 2. The van der Waals surface area contributed by atoms with Crippen LogP contribution in [0, 0.1) is 11.3 Å². The van der Waals surface area contributed by atoms with Crippen molar-refractivity contribution in [2.24, 2.45) is 0 Å². The summed E-state index contributed by atoms with van der Waals surface area (Å²) in [6.07, 6.45) is 1.42. The van der Waals surface area contributed by atoms with Crippen LogP contribution in [0.15, 0.2) is 66.9 Å². The number of ether oxygens (including phenoxy) is 1. The number of anilines is 3. The molecule has 0 aliphatic rings. The Hall–Kier alpha value is -4.18. The summed E-state index contributed by atoms with van der Waals surface area (Å²) in [6.45, 7) is 2.03. The highest BCUT2D eigenvalue weighted by Gasteiger charge is 2.13. The van der Waals surface area contributed by atoms with Crippen LogP contribution in [0.4, 0.5) is 17.2 Å². The fraction of sp³-hybridized carbons (Fsp3) is 0.0909. The zero-order valence-corrected chi connectivity index (χ0v) is 15.7. The number of carbonyl (C=O) groups is 2. The minimum Gasteiger partial charge on any atom is -0.462 e. The normalized spacial score (nSPS) is 9.93. The van der Waals surface area contributed by atoms with E-state index in [0.717, 1.165) is 0 Å². The van der Waals surface area contributed by atoms with Gasteiger partial charge in [-0.15, -0.1) is 0 Å². The molecule has 0 aliphatic heterocycles. The first-order chi connectivity index (χ1) is 14.1. The molecule has 0 spiro atoms. The topological polar surface area (TPSA) is 104 Å². The van der Waals surface area contributed by atoms with Crippen molar-refractivity contribution in [3.8, 4) is 6.07 Å². The number of aromatic nitrogens is 1. The van der Waals surface area contributed by atoms with Crippen molar-refractivity contribution in [3.05, 3.63) is 83.6 Å². The maximum Gasteiger partial charge on any atom is 0.340 e. The maximum absolute atomic E-state index is 12.4. The number of hydrogen-bond acceptors (Lipinski definition) is 6. The number of rotatable bonds is 6. The van der Waals surface area contributed by atoms with Crippen LogP contribution in [0.5, 0.6) is 0 Å². The number of esters is 1. The van der Waals surface area contributed by atoms with Gasteiger partial charge in [0.15, 0.2) is 0 Å². The predicted octanol–water partition coefficient (Wildman–Crippen LogP) is 4.13. The number of nitrogens with one attached hydrogen (secondary N) is 2. The summed E-state index contributed by atoms with van der Waals surface area (Å²) in [5.41, 5.74) is 2.10. The van der Waals surface area contributed by atoms with E-state index in [1.807, 2.05) is 6.07 Å². The highest BCUT2D eigenvalue weighted by molar-refractivity contribution is 6.04. The maximum atomic E-state index is 12.4. The van der Waals surface area contributed by atoms with Crippen LogP contribution in [0.1, 0.15) is 33.2 Å². The number of carbonyl (C=O) groups excluding carboxylic acids is 2. The smallest absolute Gasteiger partial charge is 0.340 e. The van der Waals surface area contributed by atoms with Gasteiger partial charge in [0.25, 0.3) is 5.91 Å². The molecule has 144 valence electrons. The number of amides is 1. The van der Waals surface area contributed by atoms with Gasteiger partial charge in [0.2, 0.25) is 0 Å². The predicted molar refractivity (Wildman–Crippen MR) is 109 cm³/mol. The molecule has 3 rings (SSSR count). The molecule has 2 aromatic carbocycles. The molecular weight excluding hydrogens is 368 g/mol. The molecule has 0 unspecified atom stereocenters. The van der Waals surface area contributed by atoms with Gasteiger partial charge in [-0.1, -0.05) is 24.3 Å². The van der Waals surface area contributed by atoms with E-state index in [2.05, 4.69) is 15.6 Å². The SMILES string of the molecule is CCOC(=O)c1ccccc1Nc1ccc(C(=O)Nc2ccccc2C#N)cn1. The molecule has 7 heteroatoms. The molecule has 0 radical (unpaired) electrons. The molecule has 2 N–H and O–H groups in total.